The predicted molar refractivity (Wildman–Crippen MR) is 88.1 cm³/mol. The monoisotopic (exact) mass is 343 g/mol. The maximum atomic E-state index is 11.6. The molecule has 0 aliphatic heterocycles. The van der Waals surface area contributed by atoms with Gasteiger partial charge in [-0.15, -0.1) is 0 Å². The first-order valence-electron chi connectivity index (χ1n) is 6.26. The Balaban J connectivity index is 2.26. The molecule has 2 aromatic carbocycles. The number of hydrogen-bond acceptors (Lipinski definition) is 3. The molecule has 0 bridgehead atoms. The lowest BCUT2D eigenvalue weighted by Crippen LogP contribution is -2.04. The van der Waals surface area contributed by atoms with E-state index in [0.717, 1.165) is 16.8 Å². The summed E-state index contributed by atoms with van der Waals surface area (Å²) in [5.41, 5.74) is 2.57. The first kappa shape index (κ1) is 16.1. The lowest BCUT2D eigenvalue weighted by molar-refractivity contribution is 0.602. The SMILES string of the molecule is Cc1ccc(S(C)(=O)=O)cc1NCc1cccc(Cl)c1Cl. The van der Waals surface area contributed by atoms with Gasteiger partial charge in [0.25, 0.3) is 0 Å². The molecular weight excluding hydrogens is 329 g/mol. The minimum absolute atomic E-state index is 0.285. The molecule has 0 radical (unpaired) electrons. The van der Waals surface area contributed by atoms with Crippen molar-refractivity contribution in [2.24, 2.45) is 0 Å². The number of aryl methyl sites for hydroxylation is 1. The summed E-state index contributed by atoms with van der Waals surface area (Å²) in [5, 5.41) is 4.20. The highest BCUT2D eigenvalue weighted by Crippen LogP contribution is 2.27. The van der Waals surface area contributed by atoms with Gasteiger partial charge in [0.2, 0.25) is 0 Å². The van der Waals surface area contributed by atoms with E-state index in [2.05, 4.69) is 5.32 Å². The highest BCUT2D eigenvalue weighted by atomic mass is 35.5. The van der Waals surface area contributed by atoms with Crippen LogP contribution >= 0.6 is 23.2 Å². The third-order valence-electron chi connectivity index (χ3n) is 3.14. The Morgan fingerprint density at radius 2 is 1.86 bits per heavy atom. The quantitative estimate of drug-likeness (QED) is 0.899. The molecule has 0 fully saturated rings. The van der Waals surface area contributed by atoms with E-state index >= 15 is 0 Å². The minimum Gasteiger partial charge on any atom is -0.381 e. The second-order valence-corrected chi connectivity index (χ2v) is 7.62. The smallest absolute Gasteiger partial charge is 0.175 e. The fraction of sp³-hybridized carbons (Fsp3) is 0.200. The fourth-order valence-electron chi connectivity index (χ4n) is 1.90. The van der Waals surface area contributed by atoms with E-state index in [1.807, 2.05) is 19.1 Å². The lowest BCUT2D eigenvalue weighted by Gasteiger charge is -2.12. The molecule has 2 rings (SSSR count). The van der Waals surface area contributed by atoms with Gasteiger partial charge in [-0.05, 0) is 36.2 Å². The Labute approximate surface area is 134 Å². The molecule has 0 unspecified atom stereocenters. The number of nitrogens with one attached hydrogen (secondary N) is 1. The van der Waals surface area contributed by atoms with E-state index in [1.165, 1.54) is 6.26 Å². The zero-order valence-corrected chi connectivity index (χ0v) is 14.0. The molecule has 0 heterocycles. The normalized spacial score (nSPS) is 11.4. The summed E-state index contributed by atoms with van der Waals surface area (Å²) in [5.74, 6) is 0. The summed E-state index contributed by atoms with van der Waals surface area (Å²) in [6.45, 7) is 2.38. The van der Waals surface area contributed by atoms with Crippen molar-refractivity contribution in [2.45, 2.75) is 18.4 Å². The number of benzene rings is 2. The van der Waals surface area contributed by atoms with Crippen molar-refractivity contribution in [3.05, 3.63) is 57.6 Å². The number of anilines is 1. The van der Waals surface area contributed by atoms with Gasteiger partial charge >= 0.3 is 0 Å². The molecule has 0 amide bonds. The molecule has 0 saturated carbocycles. The van der Waals surface area contributed by atoms with Gasteiger partial charge in [0.15, 0.2) is 9.84 Å². The van der Waals surface area contributed by atoms with Crippen LogP contribution in [-0.4, -0.2) is 14.7 Å². The van der Waals surface area contributed by atoms with Crippen molar-refractivity contribution in [3.63, 3.8) is 0 Å². The van der Waals surface area contributed by atoms with Crippen molar-refractivity contribution in [1.29, 1.82) is 0 Å². The van der Waals surface area contributed by atoms with Crippen LogP contribution in [0.2, 0.25) is 10.0 Å². The maximum absolute atomic E-state index is 11.6. The Morgan fingerprint density at radius 1 is 1.14 bits per heavy atom. The van der Waals surface area contributed by atoms with Crippen LogP contribution in [0.15, 0.2) is 41.3 Å². The van der Waals surface area contributed by atoms with E-state index in [0.29, 0.717) is 16.6 Å². The highest BCUT2D eigenvalue weighted by molar-refractivity contribution is 7.90. The van der Waals surface area contributed by atoms with Crippen molar-refractivity contribution in [3.8, 4) is 0 Å². The van der Waals surface area contributed by atoms with Crippen molar-refractivity contribution >= 4 is 38.7 Å². The molecule has 0 saturated heterocycles. The van der Waals surface area contributed by atoms with Gasteiger partial charge in [0.1, 0.15) is 0 Å². The Hall–Kier alpha value is -1.23. The summed E-state index contributed by atoms with van der Waals surface area (Å²) in [6.07, 6.45) is 1.19. The molecule has 2 aromatic rings. The van der Waals surface area contributed by atoms with Crippen LogP contribution in [0.25, 0.3) is 0 Å². The summed E-state index contributed by atoms with van der Waals surface area (Å²) in [7, 11) is -3.23. The summed E-state index contributed by atoms with van der Waals surface area (Å²) >= 11 is 12.1. The van der Waals surface area contributed by atoms with Crippen LogP contribution in [0.5, 0.6) is 0 Å². The zero-order valence-electron chi connectivity index (χ0n) is 11.7. The third-order valence-corrected chi connectivity index (χ3v) is 5.11. The first-order valence-corrected chi connectivity index (χ1v) is 8.91. The Morgan fingerprint density at radius 3 is 2.52 bits per heavy atom. The average Bonchev–Trinajstić information content (AvgIpc) is 2.40. The standard InChI is InChI=1S/C15H15Cl2NO2S/c1-10-6-7-12(21(2,19)20)8-14(10)18-9-11-4-3-5-13(16)15(11)17/h3-8,18H,9H2,1-2H3. The molecule has 0 spiro atoms. The van der Waals surface area contributed by atoms with E-state index in [4.69, 9.17) is 23.2 Å². The minimum atomic E-state index is -3.23. The summed E-state index contributed by atoms with van der Waals surface area (Å²) in [4.78, 5) is 0.285. The summed E-state index contributed by atoms with van der Waals surface area (Å²) in [6, 6.07) is 10.4. The molecule has 0 aromatic heterocycles. The van der Waals surface area contributed by atoms with Crippen molar-refractivity contribution in [1.82, 2.24) is 0 Å². The van der Waals surface area contributed by atoms with Gasteiger partial charge < -0.3 is 5.32 Å². The average molecular weight is 344 g/mol. The molecule has 0 atom stereocenters. The van der Waals surface area contributed by atoms with Crippen LogP contribution in [0.3, 0.4) is 0 Å². The van der Waals surface area contributed by atoms with Gasteiger partial charge in [-0.2, -0.15) is 0 Å². The molecule has 3 nitrogen and oxygen atoms in total. The second-order valence-electron chi connectivity index (χ2n) is 4.82. The third kappa shape index (κ3) is 3.90. The van der Waals surface area contributed by atoms with Crippen LogP contribution in [0.4, 0.5) is 5.69 Å². The Kier molecular flexibility index (Phi) is 4.81. The Bertz CT molecular complexity index is 773. The zero-order chi connectivity index (χ0) is 15.6. The number of halogens is 2. The first-order chi connectivity index (χ1) is 9.79. The van der Waals surface area contributed by atoms with Crippen molar-refractivity contribution in [2.75, 3.05) is 11.6 Å². The largest absolute Gasteiger partial charge is 0.381 e. The van der Waals surface area contributed by atoms with Gasteiger partial charge in [0.05, 0.1) is 14.9 Å². The summed E-state index contributed by atoms with van der Waals surface area (Å²) < 4.78 is 23.2. The maximum Gasteiger partial charge on any atom is 0.175 e. The molecule has 6 heteroatoms. The molecule has 112 valence electrons. The van der Waals surface area contributed by atoms with Gasteiger partial charge in [-0.1, -0.05) is 41.4 Å². The van der Waals surface area contributed by atoms with Crippen molar-refractivity contribution < 1.29 is 8.42 Å². The van der Waals surface area contributed by atoms with Gasteiger partial charge in [-0.25, -0.2) is 8.42 Å². The van der Waals surface area contributed by atoms with Crippen LogP contribution in [0, 0.1) is 6.92 Å². The van der Waals surface area contributed by atoms with E-state index in [1.54, 1.807) is 24.3 Å². The molecule has 0 aliphatic carbocycles. The molecular formula is C15H15Cl2NO2S. The molecule has 21 heavy (non-hydrogen) atoms. The van der Waals surface area contributed by atoms with Crippen LogP contribution < -0.4 is 5.32 Å². The second kappa shape index (κ2) is 6.26. The molecule has 1 N–H and O–H groups in total. The predicted octanol–water partition coefficient (Wildman–Crippen LogP) is 4.32. The van der Waals surface area contributed by atoms with E-state index < -0.39 is 9.84 Å². The fourth-order valence-corrected chi connectivity index (χ4v) is 2.93. The number of hydrogen-bond donors (Lipinski definition) is 1. The van der Waals surface area contributed by atoms with Gasteiger partial charge in [0, 0.05) is 18.5 Å². The molecule has 0 aliphatic rings. The highest BCUT2D eigenvalue weighted by Gasteiger charge is 2.10. The number of rotatable bonds is 4. The van der Waals surface area contributed by atoms with E-state index in [9.17, 15) is 8.42 Å². The van der Waals surface area contributed by atoms with Crippen LogP contribution in [-0.2, 0) is 16.4 Å². The van der Waals surface area contributed by atoms with Gasteiger partial charge in [-0.3, -0.25) is 0 Å². The van der Waals surface area contributed by atoms with E-state index in [-0.39, 0.29) is 4.90 Å². The van der Waals surface area contributed by atoms with Crippen LogP contribution in [0.1, 0.15) is 11.1 Å². The topological polar surface area (TPSA) is 46.2 Å². The lowest BCUT2D eigenvalue weighted by atomic mass is 10.1. The number of sulfone groups is 1.